The van der Waals surface area contributed by atoms with Crippen LogP contribution in [-0.4, -0.2) is 27.1 Å². The Hall–Kier alpha value is -1.89. The molecule has 1 heterocycles. The second-order valence-corrected chi connectivity index (χ2v) is 8.10. The monoisotopic (exact) mass is 417 g/mol. The van der Waals surface area contributed by atoms with Gasteiger partial charge in [-0.25, -0.2) is 0 Å². The van der Waals surface area contributed by atoms with Crippen molar-refractivity contribution in [2.24, 2.45) is 0 Å². The van der Waals surface area contributed by atoms with Crippen LogP contribution < -0.4 is 4.74 Å². The molecule has 0 N–H and O–H groups in total. The quantitative estimate of drug-likeness (QED) is 0.244. The summed E-state index contributed by atoms with van der Waals surface area (Å²) in [7, 11) is 0. The largest absolute Gasteiger partial charge is 0.493 e. The smallest absolute Gasteiger partial charge is 0.191 e. The molecular formula is C20H20ClN3OS2. The highest BCUT2D eigenvalue weighted by Crippen LogP contribution is 2.24. The van der Waals surface area contributed by atoms with Crippen LogP contribution in [0.2, 0.25) is 5.02 Å². The van der Waals surface area contributed by atoms with Gasteiger partial charge in [0.25, 0.3) is 0 Å². The molecule has 2 aromatic carbocycles. The molecule has 0 spiro atoms. The lowest BCUT2D eigenvalue weighted by Crippen LogP contribution is -2.05. The fraction of sp³-hybridized carbons (Fsp3) is 0.200. The molecule has 0 bridgehead atoms. The summed E-state index contributed by atoms with van der Waals surface area (Å²) >= 11 is 9.26. The van der Waals surface area contributed by atoms with Crippen LogP contribution >= 0.6 is 35.1 Å². The van der Waals surface area contributed by atoms with Crippen molar-refractivity contribution >= 4 is 35.1 Å². The van der Waals surface area contributed by atoms with Crippen molar-refractivity contribution in [1.82, 2.24) is 14.8 Å². The van der Waals surface area contributed by atoms with Crippen molar-refractivity contribution < 1.29 is 4.74 Å². The third kappa shape index (κ3) is 6.06. The lowest BCUT2D eigenvalue weighted by atomic mass is 10.3. The minimum absolute atomic E-state index is 0.585. The van der Waals surface area contributed by atoms with Crippen molar-refractivity contribution in [3.05, 3.63) is 78.1 Å². The molecule has 0 unspecified atom stereocenters. The van der Waals surface area contributed by atoms with E-state index in [0.29, 0.717) is 18.2 Å². The predicted molar refractivity (Wildman–Crippen MR) is 114 cm³/mol. The van der Waals surface area contributed by atoms with Crippen LogP contribution in [0.25, 0.3) is 0 Å². The fourth-order valence-electron chi connectivity index (χ4n) is 2.33. The number of nitrogens with zero attached hydrogens (tertiary/aromatic N) is 3. The van der Waals surface area contributed by atoms with Gasteiger partial charge in [-0.2, -0.15) is 0 Å². The molecule has 3 aromatic rings. The topological polar surface area (TPSA) is 39.9 Å². The first kappa shape index (κ1) is 19.9. The molecule has 4 nitrogen and oxygen atoms in total. The van der Waals surface area contributed by atoms with Crippen molar-refractivity contribution in [3.8, 4) is 5.75 Å². The maximum Gasteiger partial charge on any atom is 0.191 e. The van der Waals surface area contributed by atoms with Crippen LogP contribution in [0.3, 0.4) is 0 Å². The molecule has 27 heavy (non-hydrogen) atoms. The summed E-state index contributed by atoms with van der Waals surface area (Å²) in [5.41, 5.74) is 0. The number of ether oxygens (including phenoxy) is 1. The molecule has 0 saturated heterocycles. The number of aromatic nitrogens is 3. The van der Waals surface area contributed by atoms with Crippen LogP contribution in [0.5, 0.6) is 5.75 Å². The molecule has 0 aliphatic carbocycles. The van der Waals surface area contributed by atoms with Gasteiger partial charge in [-0.15, -0.1) is 28.5 Å². The Kier molecular flexibility index (Phi) is 7.68. The van der Waals surface area contributed by atoms with Crippen LogP contribution in [0.15, 0.2) is 77.3 Å². The third-order valence-corrected chi connectivity index (χ3v) is 5.80. The third-order valence-electron chi connectivity index (χ3n) is 3.61. The molecule has 3 rings (SSSR count). The van der Waals surface area contributed by atoms with Crippen LogP contribution in [0.1, 0.15) is 5.82 Å². The van der Waals surface area contributed by atoms with E-state index in [2.05, 4.69) is 33.5 Å². The van der Waals surface area contributed by atoms with Crippen LogP contribution in [0.4, 0.5) is 0 Å². The molecule has 0 atom stereocenters. The van der Waals surface area contributed by atoms with E-state index in [9.17, 15) is 0 Å². The van der Waals surface area contributed by atoms with E-state index in [1.165, 1.54) is 4.90 Å². The predicted octanol–water partition coefficient (Wildman–Crippen LogP) is 5.58. The number of hydrogen-bond donors (Lipinski definition) is 0. The van der Waals surface area contributed by atoms with Crippen molar-refractivity contribution in [3.63, 3.8) is 0 Å². The Bertz CT molecular complexity index is 853. The Balaban J connectivity index is 1.54. The van der Waals surface area contributed by atoms with Gasteiger partial charge in [-0.1, -0.05) is 47.6 Å². The standard InChI is InChI=1S/C20H20ClN3OS2/c1-2-12-24-19(15-27-18-6-4-3-5-7-18)22-23-20(24)26-14-13-25-17-10-8-16(21)9-11-17/h2-11H,1,12-15H2. The Morgan fingerprint density at radius 2 is 1.81 bits per heavy atom. The minimum atomic E-state index is 0.585. The molecule has 0 radical (unpaired) electrons. The van der Waals surface area contributed by atoms with Gasteiger partial charge in [-0.3, -0.25) is 0 Å². The van der Waals surface area contributed by atoms with Crippen molar-refractivity contribution in [1.29, 1.82) is 0 Å². The summed E-state index contributed by atoms with van der Waals surface area (Å²) < 4.78 is 7.84. The van der Waals surface area contributed by atoms with E-state index in [1.54, 1.807) is 23.5 Å². The first-order valence-electron chi connectivity index (χ1n) is 8.48. The number of thioether (sulfide) groups is 2. The number of hydrogen-bond acceptors (Lipinski definition) is 5. The number of rotatable bonds is 10. The Labute approximate surface area is 173 Å². The van der Waals surface area contributed by atoms with Gasteiger partial charge in [0.2, 0.25) is 0 Å². The van der Waals surface area contributed by atoms with Crippen LogP contribution in [-0.2, 0) is 12.3 Å². The lowest BCUT2D eigenvalue weighted by Gasteiger charge is -2.08. The molecule has 140 valence electrons. The number of halogens is 1. The number of benzene rings is 2. The minimum Gasteiger partial charge on any atom is -0.493 e. The number of allylic oxidation sites excluding steroid dienone is 1. The Morgan fingerprint density at radius 3 is 2.56 bits per heavy atom. The van der Waals surface area contributed by atoms with E-state index in [1.807, 2.05) is 48.5 Å². The normalized spacial score (nSPS) is 10.7. The van der Waals surface area contributed by atoms with Gasteiger partial charge >= 0.3 is 0 Å². The van der Waals surface area contributed by atoms with E-state index in [4.69, 9.17) is 16.3 Å². The van der Waals surface area contributed by atoms with Crippen LogP contribution in [0, 0.1) is 0 Å². The SMILES string of the molecule is C=CCn1c(CSc2ccccc2)nnc1SCCOc1ccc(Cl)cc1. The van der Waals surface area contributed by atoms with Gasteiger partial charge in [0.15, 0.2) is 5.16 Å². The Morgan fingerprint density at radius 1 is 1.04 bits per heavy atom. The highest BCUT2D eigenvalue weighted by atomic mass is 35.5. The first-order chi connectivity index (χ1) is 13.3. The molecule has 0 amide bonds. The zero-order chi connectivity index (χ0) is 18.9. The lowest BCUT2D eigenvalue weighted by molar-refractivity contribution is 0.344. The summed E-state index contributed by atoms with van der Waals surface area (Å²) in [5, 5.41) is 10.3. The zero-order valence-corrected chi connectivity index (χ0v) is 17.1. The van der Waals surface area contributed by atoms with E-state index in [-0.39, 0.29) is 0 Å². The molecule has 7 heteroatoms. The molecule has 1 aromatic heterocycles. The average Bonchev–Trinajstić information content (AvgIpc) is 3.08. The van der Waals surface area contributed by atoms with E-state index < -0.39 is 0 Å². The first-order valence-corrected chi connectivity index (χ1v) is 10.8. The fourth-order valence-corrected chi connectivity index (χ4v) is 4.10. The molecule has 0 saturated carbocycles. The molecule has 0 fully saturated rings. The highest BCUT2D eigenvalue weighted by molar-refractivity contribution is 7.99. The van der Waals surface area contributed by atoms with Crippen molar-refractivity contribution in [2.45, 2.75) is 22.3 Å². The second-order valence-electron chi connectivity index (χ2n) is 5.55. The average molecular weight is 418 g/mol. The molecular weight excluding hydrogens is 398 g/mol. The summed E-state index contributed by atoms with van der Waals surface area (Å²) in [4.78, 5) is 1.22. The van der Waals surface area contributed by atoms with Gasteiger partial charge in [-0.05, 0) is 36.4 Å². The van der Waals surface area contributed by atoms with Gasteiger partial charge < -0.3 is 9.30 Å². The molecule has 0 aliphatic heterocycles. The van der Waals surface area contributed by atoms with Gasteiger partial charge in [0.05, 0.1) is 12.4 Å². The summed E-state index contributed by atoms with van der Waals surface area (Å²) in [6.07, 6.45) is 1.87. The van der Waals surface area contributed by atoms with E-state index >= 15 is 0 Å². The maximum atomic E-state index is 5.88. The summed E-state index contributed by atoms with van der Waals surface area (Å²) in [6.45, 7) is 5.13. The summed E-state index contributed by atoms with van der Waals surface area (Å²) in [6, 6.07) is 17.7. The highest BCUT2D eigenvalue weighted by Gasteiger charge is 2.12. The second kappa shape index (κ2) is 10.4. The summed E-state index contributed by atoms with van der Waals surface area (Å²) in [5.74, 6) is 3.31. The van der Waals surface area contributed by atoms with E-state index in [0.717, 1.165) is 28.2 Å². The maximum absolute atomic E-state index is 5.88. The van der Waals surface area contributed by atoms with Crippen molar-refractivity contribution in [2.75, 3.05) is 12.4 Å². The van der Waals surface area contributed by atoms with Gasteiger partial charge in [0, 0.05) is 22.2 Å². The molecule has 0 aliphatic rings. The zero-order valence-electron chi connectivity index (χ0n) is 14.8. The van der Waals surface area contributed by atoms with Gasteiger partial charge in [0.1, 0.15) is 11.6 Å².